The minimum absolute atomic E-state index is 0.0302. The molecule has 25 rings (SSSR count). The highest BCUT2D eigenvalue weighted by molar-refractivity contribution is 6.13. The fraction of sp³-hybridized carbons (Fsp3) is 0.246. The lowest BCUT2D eigenvalue weighted by Gasteiger charge is -2.39. The molecular formula is C114H93N7O25+2. The molecule has 13 aliphatic heterocycles. The van der Waals surface area contributed by atoms with Crippen LogP contribution in [0.4, 0.5) is 11.4 Å². The van der Waals surface area contributed by atoms with Gasteiger partial charge in [-0.15, -0.1) is 5.06 Å². The summed E-state index contributed by atoms with van der Waals surface area (Å²) in [7, 11) is 0. The van der Waals surface area contributed by atoms with Crippen LogP contribution in [-0.2, 0) is 78.9 Å². The lowest BCUT2D eigenvalue weighted by molar-refractivity contribution is -0.172. The number of phenolic OH excluding ortho intramolecular Hbond substituents is 2. The molecule has 3 amide bonds. The summed E-state index contributed by atoms with van der Waals surface area (Å²) in [6.45, 7) is 7.65. The molecule has 32 nitrogen and oxygen atoms in total. The first kappa shape index (κ1) is 92.3. The SMILES string of the molecule is NCc1c(O)ccc2c(-c3ccc(C(=O)O)cc3C(=O)O)c3ccc(=O)cc-3oc12.O=C(O)c1ccc(-c2c3ccc(=O)cc-3oc3c(CNC(=O)c4ccc(C5=c6cc7c8c(c6Oc6c5cc5c9c6CCCN9CCC5)CCC[N+]=8CCC7)c(C(=O)O)c4)c(O)ccc23)c(C(=O)O)c1.O=C(ON1C(=O)CCC1=O)c1ccc(C2=c3cc4c5c(c3Oc3c2cc2c6c3CCCN6CCC2)CCC[N+]=5CCC4)c(C(=O)O)c1. The second kappa shape index (κ2) is 36.2. The number of aromatic carboxylic acids is 6. The first-order valence-electron chi connectivity index (χ1n) is 48.9. The van der Waals surface area contributed by atoms with Gasteiger partial charge in [-0.3, -0.25) is 24.0 Å². The Morgan fingerprint density at radius 2 is 0.753 bits per heavy atom. The summed E-state index contributed by atoms with van der Waals surface area (Å²) in [6, 6.07) is 39.4. The molecule has 11 N–H and O–H groups in total. The Morgan fingerprint density at radius 3 is 1.21 bits per heavy atom. The quantitative estimate of drug-likeness (QED) is 0.0244. The summed E-state index contributed by atoms with van der Waals surface area (Å²) < 4.78 is 31.3. The Balaban J connectivity index is 0.000000132. The van der Waals surface area contributed by atoms with E-state index in [-0.39, 0.29) is 127 Å². The zero-order valence-corrected chi connectivity index (χ0v) is 78.6. The van der Waals surface area contributed by atoms with Gasteiger partial charge in [-0.05, 0) is 232 Å². The summed E-state index contributed by atoms with van der Waals surface area (Å²) in [4.78, 5) is 160. The second-order valence-electron chi connectivity index (χ2n) is 38.6. The number of aromatic hydroxyl groups is 2. The number of ether oxygens (including phenoxy) is 2. The van der Waals surface area contributed by atoms with Gasteiger partial charge in [-0.1, -0.05) is 24.3 Å². The van der Waals surface area contributed by atoms with Gasteiger partial charge in [0.2, 0.25) is 10.7 Å². The summed E-state index contributed by atoms with van der Waals surface area (Å²) in [5, 5.41) is 90.4. The third-order valence-corrected chi connectivity index (χ3v) is 30.1. The van der Waals surface area contributed by atoms with Gasteiger partial charge in [0.25, 0.3) is 17.7 Å². The molecule has 13 heterocycles. The minimum Gasteiger partial charge on any atom is -0.507 e. The Bertz CT molecular complexity index is 8610. The maximum atomic E-state index is 14.2. The average molecular weight is 1960 g/mol. The number of carboxylic acids is 6. The molecule has 0 unspecified atom stereocenters. The Kier molecular flexibility index (Phi) is 22.9. The van der Waals surface area contributed by atoms with Crippen molar-refractivity contribution in [2.45, 2.75) is 129 Å². The number of benzene rings is 12. The zero-order chi connectivity index (χ0) is 101. The third kappa shape index (κ3) is 15.5. The maximum Gasteiger partial charge on any atom is 0.363 e. The number of hydrogen-bond acceptors (Lipinski definition) is 22. The largest absolute Gasteiger partial charge is 0.507 e. The van der Waals surface area contributed by atoms with E-state index < -0.39 is 64.9 Å². The van der Waals surface area contributed by atoms with Crippen molar-refractivity contribution in [1.82, 2.24) is 19.5 Å². The molecule has 0 bridgehead atoms. The van der Waals surface area contributed by atoms with Crippen molar-refractivity contribution in [3.8, 4) is 79.4 Å². The molecule has 146 heavy (non-hydrogen) atoms. The number of nitrogens with two attached hydrogens (primary N) is 1. The monoisotopic (exact) mass is 1960 g/mol. The summed E-state index contributed by atoms with van der Waals surface area (Å²) in [5.41, 5.74) is 23.0. The number of nitrogens with one attached hydrogen (secondary N) is 1. The smallest absolute Gasteiger partial charge is 0.363 e. The lowest BCUT2D eigenvalue weighted by Crippen LogP contribution is -2.45. The van der Waals surface area contributed by atoms with Crippen molar-refractivity contribution in [2.24, 2.45) is 5.73 Å². The number of imide groups is 1. The molecule has 0 saturated carbocycles. The van der Waals surface area contributed by atoms with Crippen LogP contribution in [0.2, 0.25) is 0 Å². The molecule has 0 radical (unpaired) electrons. The van der Waals surface area contributed by atoms with E-state index in [1.807, 2.05) is 0 Å². The minimum atomic E-state index is -1.39. The van der Waals surface area contributed by atoms with Crippen LogP contribution in [-0.4, -0.2) is 158 Å². The first-order valence-corrected chi connectivity index (χ1v) is 48.9. The molecule has 2 aliphatic carbocycles. The fourth-order valence-electron chi connectivity index (χ4n) is 23.9. The van der Waals surface area contributed by atoms with Crippen LogP contribution in [0.15, 0.2) is 176 Å². The molecule has 15 aliphatic rings. The van der Waals surface area contributed by atoms with E-state index in [1.54, 1.807) is 24.3 Å². The van der Waals surface area contributed by atoms with Crippen LogP contribution in [0.5, 0.6) is 34.5 Å². The Labute approximate surface area is 828 Å². The number of hydrogen-bond donors (Lipinski definition) is 10. The molecule has 732 valence electrons. The summed E-state index contributed by atoms with van der Waals surface area (Å²) in [5.74, 6) is -7.43. The summed E-state index contributed by atoms with van der Waals surface area (Å²) >= 11 is 0. The number of carbonyl (C=O) groups excluding carboxylic acids is 4. The molecule has 1 fully saturated rings. The van der Waals surface area contributed by atoms with Gasteiger partial charge >= 0.3 is 41.8 Å². The van der Waals surface area contributed by atoms with E-state index in [0.29, 0.717) is 54.8 Å². The number of amides is 3. The molecule has 1 saturated heterocycles. The van der Waals surface area contributed by atoms with E-state index in [2.05, 4.69) is 48.5 Å². The van der Waals surface area contributed by atoms with Crippen molar-refractivity contribution >= 4 is 104 Å². The predicted octanol–water partition coefficient (Wildman–Crippen LogP) is 12.9. The number of fused-ring (bicyclic) bond motifs is 12. The van der Waals surface area contributed by atoms with Crippen LogP contribution < -0.4 is 71.5 Å². The number of hydroxylamine groups is 2. The number of phenols is 2. The predicted molar refractivity (Wildman–Crippen MR) is 533 cm³/mol. The van der Waals surface area contributed by atoms with Gasteiger partial charge in [0.05, 0.1) is 67.7 Å². The van der Waals surface area contributed by atoms with E-state index >= 15 is 0 Å². The van der Waals surface area contributed by atoms with Gasteiger partial charge in [-0.2, -0.15) is 0 Å². The van der Waals surface area contributed by atoms with Crippen LogP contribution in [0.1, 0.15) is 225 Å². The van der Waals surface area contributed by atoms with Gasteiger partial charge in [0, 0.05) is 188 Å². The molecule has 0 aromatic heterocycles. The standard InChI is InChI=1S/C55H43N3O11.C37H33N3O7.C22H15NO7/c59-31-11-14-34-44(25-31)68-49-35(45(34)32-13-10-30(53(62)63)24-39(32)55(66)67)15-16-43(60)42(49)26-56-52(61)29-9-12-33(38(23-29)54(64)65)46-40-21-27-5-1-17-57-19-3-7-36(47(27)57)50(40)69-51-37-8-4-20-58-18-2-6-28(48(37)58)22-41(46)51;41-29-11-12-30(42)40(29)47-37(45)22-9-10-23(26(19-22)36(43)44)31-27-17-20-5-1-13-38-15-3-7-24(32(20)38)34(27)46-35-25-8-4-16-39-14-2-6-21(33(25)39)18-28(31)35;23-9-16-17(25)6-5-14-19(13-4-2-11(24)8-18(13)30-20(14)16)12-3-1-10(21(26)27)7-15(12)22(28)29/h9-16,21-25H,1-8,17-20,26H2,(H4-,56,59,60,61,62,63,64,65,66,67);9-10,17-19H,1-8,11-16H2;1-8,25H,9,23H2,(H,26,27)(H,28,29)/p+2. The molecule has 10 aromatic rings. The van der Waals surface area contributed by atoms with E-state index in [9.17, 15) is 98.4 Å². The highest BCUT2D eigenvalue weighted by Gasteiger charge is 2.43. The Hall–Kier alpha value is -17.4. The van der Waals surface area contributed by atoms with Gasteiger partial charge in [-0.25, -0.2) is 42.7 Å². The topological polar surface area (TPSA) is 474 Å². The first-order chi connectivity index (χ1) is 70.6. The van der Waals surface area contributed by atoms with Crippen molar-refractivity contribution in [2.75, 3.05) is 62.2 Å². The number of nitrogens with zero attached hydrogens (tertiary/aromatic N) is 5. The lowest BCUT2D eigenvalue weighted by atomic mass is 9.81. The van der Waals surface area contributed by atoms with E-state index in [1.165, 1.54) is 153 Å². The number of carboxylic acid groups (broad SMARTS) is 6. The highest BCUT2D eigenvalue weighted by Crippen LogP contribution is 2.54. The number of anilines is 2. The van der Waals surface area contributed by atoms with Crippen molar-refractivity contribution in [1.29, 1.82) is 0 Å². The second-order valence-corrected chi connectivity index (χ2v) is 38.6. The van der Waals surface area contributed by atoms with Gasteiger partial charge < -0.3 is 84.8 Å². The molecule has 10 aromatic carbocycles. The van der Waals surface area contributed by atoms with Crippen LogP contribution in [0.25, 0.3) is 78.0 Å². The van der Waals surface area contributed by atoms with Crippen LogP contribution in [0, 0.1) is 0 Å². The highest BCUT2D eigenvalue weighted by atomic mass is 16.7. The maximum absolute atomic E-state index is 14.2. The van der Waals surface area contributed by atoms with Gasteiger partial charge in [0.1, 0.15) is 83.4 Å². The molecule has 0 spiro atoms. The van der Waals surface area contributed by atoms with E-state index in [0.717, 1.165) is 234 Å². The van der Waals surface area contributed by atoms with Gasteiger partial charge in [0.15, 0.2) is 10.9 Å². The van der Waals surface area contributed by atoms with Crippen LogP contribution in [0.3, 0.4) is 0 Å². The van der Waals surface area contributed by atoms with Crippen LogP contribution >= 0.6 is 0 Å². The summed E-state index contributed by atoms with van der Waals surface area (Å²) in [6.07, 6.45) is 15.3. The number of carbonyl (C=O) groups is 10. The fourth-order valence-corrected chi connectivity index (χ4v) is 23.9. The Morgan fingerprint density at radius 1 is 0.370 bits per heavy atom. The molecule has 0 atom stereocenters. The molecule has 32 heteroatoms. The third-order valence-electron chi connectivity index (χ3n) is 30.1. The average Bonchev–Trinajstić information content (AvgIpc) is 0.808. The number of aryl methyl sites for hydroxylation is 4. The zero-order valence-electron chi connectivity index (χ0n) is 78.6. The number of rotatable bonds is 16. The van der Waals surface area contributed by atoms with Crippen molar-refractivity contribution < 1.29 is 112 Å². The van der Waals surface area contributed by atoms with E-state index in [4.69, 9.17) is 28.9 Å². The van der Waals surface area contributed by atoms with Crippen molar-refractivity contribution in [3.05, 3.63) is 322 Å². The molecular weight excluding hydrogens is 1870 g/mol. The van der Waals surface area contributed by atoms with Crippen molar-refractivity contribution in [3.63, 3.8) is 0 Å². The normalized spacial score (nSPS) is 15.7.